The second-order valence-electron chi connectivity index (χ2n) is 3.23. The minimum Gasteiger partial charge on any atom is -0.384 e. The lowest BCUT2D eigenvalue weighted by molar-refractivity contribution is 0.0373. The summed E-state index contributed by atoms with van der Waals surface area (Å²) in [5.41, 5.74) is -0.564. The van der Waals surface area contributed by atoms with Crippen molar-refractivity contribution >= 4 is 0 Å². The standard InChI is InChI=1S/C11H12FNO/c1-2-11(14,7-8-13)9-3-5-10(12)6-4-9/h3-6,14H,2,7H2,1H3. The highest BCUT2D eigenvalue weighted by Crippen LogP contribution is 2.28. The molecule has 14 heavy (non-hydrogen) atoms. The number of halogens is 1. The van der Waals surface area contributed by atoms with Gasteiger partial charge in [-0.05, 0) is 24.1 Å². The number of hydrogen-bond donors (Lipinski definition) is 1. The Labute approximate surface area is 82.6 Å². The third-order valence-electron chi connectivity index (χ3n) is 2.34. The molecule has 0 heterocycles. The highest BCUT2D eigenvalue weighted by Gasteiger charge is 2.26. The molecule has 0 fully saturated rings. The SMILES string of the molecule is CCC(O)(CC#N)c1ccc(F)cc1. The zero-order valence-corrected chi connectivity index (χ0v) is 8.00. The molecule has 0 saturated carbocycles. The number of hydrogen-bond acceptors (Lipinski definition) is 2. The topological polar surface area (TPSA) is 44.0 Å². The molecule has 1 aromatic rings. The molecule has 0 radical (unpaired) electrons. The maximum atomic E-state index is 12.6. The molecule has 1 N–H and O–H groups in total. The van der Waals surface area contributed by atoms with Crippen molar-refractivity contribution in [2.45, 2.75) is 25.4 Å². The van der Waals surface area contributed by atoms with Gasteiger partial charge in [0.1, 0.15) is 11.4 Å². The first-order valence-electron chi connectivity index (χ1n) is 4.48. The molecule has 1 atom stereocenters. The van der Waals surface area contributed by atoms with E-state index in [9.17, 15) is 9.50 Å². The molecule has 0 bridgehead atoms. The van der Waals surface area contributed by atoms with Gasteiger partial charge in [0.25, 0.3) is 0 Å². The summed E-state index contributed by atoms with van der Waals surface area (Å²) in [4.78, 5) is 0. The largest absolute Gasteiger partial charge is 0.384 e. The van der Waals surface area contributed by atoms with Crippen molar-refractivity contribution in [3.8, 4) is 6.07 Å². The Morgan fingerprint density at radius 2 is 2.00 bits per heavy atom. The van der Waals surface area contributed by atoms with Crippen molar-refractivity contribution in [3.05, 3.63) is 35.6 Å². The number of nitriles is 1. The van der Waals surface area contributed by atoms with Gasteiger partial charge in [-0.3, -0.25) is 0 Å². The van der Waals surface area contributed by atoms with E-state index in [4.69, 9.17) is 5.26 Å². The van der Waals surface area contributed by atoms with Crippen molar-refractivity contribution in [1.29, 1.82) is 5.26 Å². The molecule has 1 unspecified atom stereocenters. The Morgan fingerprint density at radius 1 is 1.43 bits per heavy atom. The van der Waals surface area contributed by atoms with E-state index in [0.717, 1.165) is 0 Å². The monoisotopic (exact) mass is 193 g/mol. The van der Waals surface area contributed by atoms with E-state index < -0.39 is 5.60 Å². The lowest BCUT2D eigenvalue weighted by atomic mass is 9.88. The predicted octanol–water partition coefficient (Wildman–Crippen LogP) is 2.34. The number of benzene rings is 1. The fourth-order valence-corrected chi connectivity index (χ4v) is 1.32. The summed E-state index contributed by atoms with van der Waals surface area (Å²) in [6.07, 6.45) is 0.460. The van der Waals surface area contributed by atoms with E-state index in [2.05, 4.69) is 0 Å². The molecule has 0 saturated heterocycles. The van der Waals surface area contributed by atoms with E-state index in [1.165, 1.54) is 24.3 Å². The van der Waals surface area contributed by atoms with E-state index in [1.807, 2.05) is 6.07 Å². The summed E-state index contributed by atoms with van der Waals surface area (Å²) >= 11 is 0. The fourth-order valence-electron chi connectivity index (χ4n) is 1.32. The van der Waals surface area contributed by atoms with E-state index in [1.54, 1.807) is 6.92 Å². The molecular formula is C11H12FNO. The van der Waals surface area contributed by atoms with Crippen LogP contribution in [-0.4, -0.2) is 5.11 Å². The first-order chi connectivity index (χ1) is 6.62. The van der Waals surface area contributed by atoms with Crippen LogP contribution in [0.15, 0.2) is 24.3 Å². The van der Waals surface area contributed by atoms with Gasteiger partial charge in [-0.2, -0.15) is 5.26 Å². The van der Waals surface area contributed by atoms with Crippen LogP contribution in [0.2, 0.25) is 0 Å². The average molecular weight is 193 g/mol. The molecule has 0 aliphatic heterocycles. The van der Waals surface area contributed by atoms with Crippen LogP contribution in [-0.2, 0) is 5.60 Å². The molecule has 0 aliphatic carbocycles. The van der Waals surface area contributed by atoms with Crippen LogP contribution >= 0.6 is 0 Å². The van der Waals surface area contributed by atoms with Gasteiger partial charge in [-0.1, -0.05) is 19.1 Å². The second kappa shape index (κ2) is 4.21. The van der Waals surface area contributed by atoms with Crippen LogP contribution in [0.3, 0.4) is 0 Å². The van der Waals surface area contributed by atoms with E-state index in [-0.39, 0.29) is 12.2 Å². The first kappa shape index (κ1) is 10.7. The summed E-state index contributed by atoms with van der Waals surface area (Å²) in [5, 5.41) is 18.6. The van der Waals surface area contributed by atoms with Crippen LogP contribution in [0.25, 0.3) is 0 Å². The molecule has 0 spiro atoms. The van der Waals surface area contributed by atoms with Crippen LogP contribution in [0.1, 0.15) is 25.3 Å². The third-order valence-corrected chi connectivity index (χ3v) is 2.34. The smallest absolute Gasteiger partial charge is 0.123 e. The summed E-state index contributed by atoms with van der Waals surface area (Å²) in [5.74, 6) is -0.343. The number of aliphatic hydroxyl groups is 1. The Morgan fingerprint density at radius 3 is 2.43 bits per heavy atom. The molecule has 0 aliphatic rings. The van der Waals surface area contributed by atoms with Gasteiger partial charge in [0.15, 0.2) is 0 Å². The minimum atomic E-state index is -1.15. The Hall–Kier alpha value is -1.40. The van der Waals surface area contributed by atoms with Crippen molar-refractivity contribution < 1.29 is 9.50 Å². The van der Waals surface area contributed by atoms with Crippen molar-refractivity contribution in [1.82, 2.24) is 0 Å². The zero-order valence-electron chi connectivity index (χ0n) is 8.00. The van der Waals surface area contributed by atoms with Crippen LogP contribution in [0, 0.1) is 17.1 Å². The van der Waals surface area contributed by atoms with Gasteiger partial charge in [0.2, 0.25) is 0 Å². The molecule has 0 amide bonds. The predicted molar refractivity (Wildman–Crippen MR) is 50.8 cm³/mol. The summed E-state index contributed by atoms with van der Waals surface area (Å²) in [7, 11) is 0. The quantitative estimate of drug-likeness (QED) is 0.800. The molecule has 2 nitrogen and oxygen atoms in total. The highest BCUT2D eigenvalue weighted by molar-refractivity contribution is 5.24. The highest BCUT2D eigenvalue weighted by atomic mass is 19.1. The Balaban J connectivity index is 3.01. The average Bonchev–Trinajstić information content (AvgIpc) is 2.19. The van der Waals surface area contributed by atoms with Crippen molar-refractivity contribution in [3.63, 3.8) is 0 Å². The maximum Gasteiger partial charge on any atom is 0.123 e. The second-order valence-corrected chi connectivity index (χ2v) is 3.23. The first-order valence-corrected chi connectivity index (χ1v) is 4.48. The molecule has 3 heteroatoms. The number of nitrogens with zero attached hydrogens (tertiary/aromatic N) is 1. The Kier molecular flexibility index (Phi) is 3.21. The molecule has 1 rings (SSSR count). The maximum absolute atomic E-state index is 12.6. The van der Waals surface area contributed by atoms with Crippen molar-refractivity contribution in [2.24, 2.45) is 0 Å². The summed E-state index contributed by atoms with van der Waals surface area (Å²) in [6.45, 7) is 1.79. The summed E-state index contributed by atoms with van der Waals surface area (Å²) in [6, 6.07) is 7.52. The van der Waals surface area contributed by atoms with Gasteiger partial charge in [-0.15, -0.1) is 0 Å². The zero-order chi connectivity index (χ0) is 10.6. The van der Waals surface area contributed by atoms with E-state index in [0.29, 0.717) is 12.0 Å². The molecule has 0 aromatic heterocycles. The third kappa shape index (κ3) is 2.09. The van der Waals surface area contributed by atoms with Crippen LogP contribution in [0.4, 0.5) is 4.39 Å². The van der Waals surface area contributed by atoms with Crippen LogP contribution < -0.4 is 0 Å². The van der Waals surface area contributed by atoms with Crippen LogP contribution in [0.5, 0.6) is 0 Å². The lowest BCUT2D eigenvalue weighted by Gasteiger charge is -2.24. The van der Waals surface area contributed by atoms with Gasteiger partial charge < -0.3 is 5.11 Å². The minimum absolute atomic E-state index is 0.0229. The lowest BCUT2D eigenvalue weighted by Crippen LogP contribution is -2.23. The molecular weight excluding hydrogens is 181 g/mol. The van der Waals surface area contributed by atoms with Gasteiger partial charge >= 0.3 is 0 Å². The summed E-state index contributed by atoms with van der Waals surface area (Å²) < 4.78 is 12.6. The number of rotatable bonds is 3. The Bertz CT molecular complexity index is 341. The van der Waals surface area contributed by atoms with Gasteiger partial charge in [0, 0.05) is 0 Å². The van der Waals surface area contributed by atoms with Gasteiger partial charge in [-0.25, -0.2) is 4.39 Å². The molecule has 74 valence electrons. The normalized spacial score (nSPS) is 14.4. The van der Waals surface area contributed by atoms with E-state index >= 15 is 0 Å². The van der Waals surface area contributed by atoms with Crippen molar-refractivity contribution in [2.75, 3.05) is 0 Å². The van der Waals surface area contributed by atoms with Gasteiger partial charge in [0.05, 0.1) is 12.5 Å². The fraction of sp³-hybridized carbons (Fsp3) is 0.364. The molecule has 1 aromatic carbocycles.